The van der Waals surface area contributed by atoms with E-state index in [2.05, 4.69) is 20.2 Å². The summed E-state index contributed by atoms with van der Waals surface area (Å²) in [5.74, 6) is 0.805. The van der Waals surface area contributed by atoms with E-state index < -0.39 is 0 Å². The second-order valence-corrected chi connectivity index (χ2v) is 4.80. The van der Waals surface area contributed by atoms with E-state index >= 15 is 0 Å². The van der Waals surface area contributed by atoms with Crippen LogP contribution in [0.25, 0.3) is 0 Å². The van der Waals surface area contributed by atoms with Crippen LogP contribution in [0.2, 0.25) is 5.15 Å². The summed E-state index contributed by atoms with van der Waals surface area (Å²) in [4.78, 5) is 10.5. The summed E-state index contributed by atoms with van der Waals surface area (Å²) in [5.41, 5.74) is 0. The Morgan fingerprint density at radius 3 is 2.65 bits per heavy atom. The van der Waals surface area contributed by atoms with Crippen molar-refractivity contribution in [3.8, 4) is 0 Å². The second-order valence-electron chi connectivity index (χ2n) is 4.41. The standard InChI is InChI=1S/C12H19ClN4/c13-11-9-12(16-10-15-11)14-5-8-17-6-3-1-2-4-7-17/h9-10H,1-8H2,(H,14,15,16). The fourth-order valence-electron chi connectivity index (χ4n) is 2.13. The van der Waals surface area contributed by atoms with Gasteiger partial charge in [0.2, 0.25) is 0 Å². The van der Waals surface area contributed by atoms with E-state index in [9.17, 15) is 0 Å². The molecular weight excluding hydrogens is 236 g/mol. The minimum atomic E-state index is 0.484. The Bertz CT molecular complexity index is 337. The van der Waals surface area contributed by atoms with Gasteiger partial charge in [-0.25, -0.2) is 9.97 Å². The molecule has 0 atom stereocenters. The molecule has 1 aliphatic rings. The first-order valence-electron chi connectivity index (χ1n) is 6.28. The molecule has 4 nitrogen and oxygen atoms in total. The number of aromatic nitrogens is 2. The molecule has 2 heterocycles. The zero-order chi connectivity index (χ0) is 11.9. The van der Waals surface area contributed by atoms with Crippen molar-refractivity contribution in [3.05, 3.63) is 17.5 Å². The smallest absolute Gasteiger partial charge is 0.134 e. The van der Waals surface area contributed by atoms with E-state index in [1.807, 2.05) is 0 Å². The summed E-state index contributed by atoms with van der Waals surface area (Å²) in [6, 6.07) is 1.75. The van der Waals surface area contributed by atoms with Crippen molar-refractivity contribution in [3.63, 3.8) is 0 Å². The van der Waals surface area contributed by atoms with E-state index in [1.54, 1.807) is 6.07 Å². The number of likely N-dealkylation sites (tertiary alicyclic amines) is 1. The number of nitrogens with zero attached hydrogens (tertiary/aromatic N) is 3. The van der Waals surface area contributed by atoms with Gasteiger partial charge in [-0.2, -0.15) is 0 Å². The monoisotopic (exact) mass is 254 g/mol. The third-order valence-corrected chi connectivity index (χ3v) is 3.27. The predicted octanol–water partition coefficient (Wildman–Crippen LogP) is 2.42. The zero-order valence-corrected chi connectivity index (χ0v) is 10.8. The van der Waals surface area contributed by atoms with Gasteiger partial charge in [-0.1, -0.05) is 24.4 Å². The summed E-state index contributed by atoms with van der Waals surface area (Å²) in [6.45, 7) is 4.44. The lowest BCUT2D eigenvalue weighted by Gasteiger charge is -2.19. The van der Waals surface area contributed by atoms with Crippen molar-refractivity contribution >= 4 is 17.4 Å². The third-order valence-electron chi connectivity index (χ3n) is 3.07. The van der Waals surface area contributed by atoms with Crippen LogP contribution in [-0.4, -0.2) is 41.0 Å². The summed E-state index contributed by atoms with van der Waals surface area (Å²) < 4.78 is 0. The average Bonchev–Trinajstić information content (AvgIpc) is 2.58. The van der Waals surface area contributed by atoms with Gasteiger partial charge in [-0.15, -0.1) is 0 Å². The third kappa shape index (κ3) is 4.48. The van der Waals surface area contributed by atoms with Crippen LogP contribution in [0.5, 0.6) is 0 Å². The Hall–Kier alpha value is -0.870. The molecule has 2 rings (SSSR count). The maximum absolute atomic E-state index is 5.79. The SMILES string of the molecule is Clc1cc(NCCN2CCCCCC2)ncn1. The first-order valence-corrected chi connectivity index (χ1v) is 6.66. The van der Waals surface area contributed by atoms with Crippen LogP contribution >= 0.6 is 11.6 Å². The number of hydrogen-bond donors (Lipinski definition) is 1. The highest BCUT2D eigenvalue weighted by Gasteiger charge is 2.08. The molecule has 5 heteroatoms. The Balaban J connectivity index is 1.71. The van der Waals surface area contributed by atoms with Crippen LogP contribution < -0.4 is 5.32 Å². The van der Waals surface area contributed by atoms with Crippen LogP contribution in [0.4, 0.5) is 5.82 Å². The van der Waals surface area contributed by atoms with Crippen LogP contribution in [0.15, 0.2) is 12.4 Å². The van der Waals surface area contributed by atoms with E-state index in [4.69, 9.17) is 11.6 Å². The van der Waals surface area contributed by atoms with E-state index in [0.29, 0.717) is 5.15 Å². The molecule has 0 spiro atoms. The Kier molecular flexibility index (Phi) is 5.01. The van der Waals surface area contributed by atoms with Crippen molar-refractivity contribution in [2.24, 2.45) is 0 Å². The molecule has 0 saturated carbocycles. The molecule has 0 aromatic carbocycles. The van der Waals surface area contributed by atoms with Gasteiger partial charge in [0.25, 0.3) is 0 Å². The lowest BCUT2D eigenvalue weighted by molar-refractivity contribution is 0.296. The average molecular weight is 255 g/mol. The largest absolute Gasteiger partial charge is 0.369 e. The number of hydrogen-bond acceptors (Lipinski definition) is 4. The van der Waals surface area contributed by atoms with Crippen LogP contribution in [0.3, 0.4) is 0 Å². The highest BCUT2D eigenvalue weighted by molar-refractivity contribution is 6.29. The molecule has 0 amide bonds. The predicted molar refractivity (Wildman–Crippen MR) is 70.4 cm³/mol. The molecule has 0 bridgehead atoms. The first kappa shape index (κ1) is 12.6. The van der Waals surface area contributed by atoms with Crippen LogP contribution in [-0.2, 0) is 0 Å². The maximum atomic E-state index is 5.79. The summed E-state index contributed by atoms with van der Waals surface area (Å²) in [5, 5.41) is 3.76. The van der Waals surface area contributed by atoms with Gasteiger partial charge in [-0.05, 0) is 25.9 Å². The molecule has 0 unspecified atom stereocenters. The van der Waals surface area contributed by atoms with Crippen molar-refractivity contribution in [1.82, 2.24) is 14.9 Å². The molecule has 1 N–H and O–H groups in total. The van der Waals surface area contributed by atoms with Gasteiger partial charge < -0.3 is 10.2 Å². The maximum Gasteiger partial charge on any atom is 0.134 e. The first-order chi connectivity index (χ1) is 8.34. The molecule has 1 aliphatic heterocycles. The van der Waals surface area contributed by atoms with Crippen LogP contribution in [0.1, 0.15) is 25.7 Å². The highest BCUT2D eigenvalue weighted by atomic mass is 35.5. The Morgan fingerprint density at radius 2 is 1.94 bits per heavy atom. The summed E-state index contributed by atoms with van der Waals surface area (Å²) in [7, 11) is 0. The van der Waals surface area contributed by atoms with Gasteiger partial charge >= 0.3 is 0 Å². The van der Waals surface area contributed by atoms with Crippen molar-refractivity contribution in [2.75, 3.05) is 31.5 Å². The summed E-state index contributed by atoms with van der Waals surface area (Å²) in [6.07, 6.45) is 6.91. The van der Waals surface area contributed by atoms with Crippen LogP contribution in [0, 0.1) is 0 Å². The van der Waals surface area contributed by atoms with Crippen molar-refractivity contribution in [2.45, 2.75) is 25.7 Å². The Labute approximate surface area is 107 Å². The quantitative estimate of drug-likeness (QED) is 0.838. The highest BCUT2D eigenvalue weighted by Crippen LogP contribution is 2.10. The Morgan fingerprint density at radius 1 is 1.18 bits per heavy atom. The molecule has 1 fully saturated rings. The van der Waals surface area contributed by atoms with E-state index in [-0.39, 0.29) is 0 Å². The molecule has 1 saturated heterocycles. The molecule has 94 valence electrons. The molecular formula is C12H19ClN4. The molecule has 17 heavy (non-hydrogen) atoms. The summed E-state index contributed by atoms with van der Waals surface area (Å²) >= 11 is 5.79. The number of nitrogens with one attached hydrogen (secondary N) is 1. The number of anilines is 1. The fraction of sp³-hybridized carbons (Fsp3) is 0.667. The van der Waals surface area contributed by atoms with Gasteiger partial charge in [0.1, 0.15) is 17.3 Å². The minimum absolute atomic E-state index is 0.484. The second kappa shape index (κ2) is 6.77. The normalized spacial score (nSPS) is 17.7. The fourth-order valence-corrected chi connectivity index (χ4v) is 2.28. The van der Waals surface area contributed by atoms with Crippen molar-refractivity contribution < 1.29 is 0 Å². The van der Waals surface area contributed by atoms with Gasteiger partial charge in [0.15, 0.2) is 0 Å². The van der Waals surface area contributed by atoms with Gasteiger partial charge in [-0.3, -0.25) is 0 Å². The number of halogens is 1. The topological polar surface area (TPSA) is 41.0 Å². The molecule has 0 radical (unpaired) electrons. The van der Waals surface area contributed by atoms with Crippen molar-refractivity contribution in [1.29, 1.82) is 0 Å². The van der Waals surface area contributed by atoms with E-state index in [1.165, 1.54) is 45.1 Å². The molecule has 1 aromatic rings. The van der Waals surface area contributed by atoms with Gasteiger partial charge in [0.05, 0.1) is 0 Å². The minimum Gasteiger partial charge on any atom is -0.369 e. The van der Waals surface area contributed by atoms with E-state index in [0.717, 1.165) is 18.9 Å². The lowest BCUT2D eigenvalue weighted by Crippen LogP contribution is -2.30. The van der Waals surface area contributed by atoms with Gasteiger partial charge in [0, 0.05) is 19.2 Å². The molecule has 1 aromatic heterocycles. The zero-order valence-electron chi connectivity index (χ0n) is 10.0. The lowest BCUT2D eigenvalue weighted by atomic mass is 10.2. The number of rotatable bonds is 4. The molecule has 0 aliphatic carbocycles.